The third-order valence-electron chi connectivity index (χ3n) is 5.10. The molecule has 0 atom stereocenters. The standard InChI is InChI=1S/C24H30FNO/c1-7-12-26-24(27)17(5)16(4)22-13-21(25)14-23(18(22)6)20-10-8-19(9-11-20)15(2)3/h8-11,13-15H,7,12H2,1-6H3,(H,26,27)/b17-16+. The van der Waals surface area contributed by atoms with Gasteiger partial charge in [-0.15, -0.1) is 0 Å². The van der Waals surface area contributed by atoms with Crippen LogP contribution in [0.5, 0.6) is 0 Å². The normalized spacial score (nSPS) is 12.1. The molecule has 2 nitrogen and oxygen atoms in total. The Morgan fingerprint density at radius 3 is 2.30 bits per heavy atom. The molecular weight excluding hydrogens is 337 g/mol. The average molecular weight is 368 g/mol. The molecule has 0 aliphatic heterocycles. The molecule has 0 aromatic heterocycles. The van der Waals surface area contributed by atoms with Crippen LogP contribution in [0, 0.1) is 12.7 Å². The van der Waals surface area contributed by atoms with Crippen molar-refractivity contribution in [3.05, 3.63) is 64.5 Å². The summed E-state index contributed by atoms with van der Waals surface area (Å²) in [7, 11) is 0. The average Bonchev–Trinajstić information content (AvgIpc) is 2.66. The molecule has 0 aliphatic rings. The number of allylic oxidation sites excluding steroid dienone is 1. The fraction of sp³-hybridized carbons (Fsp3) is 0.375. The third kappa shape index (κ3) is 4.85. The minimum atomic E-state index is -0.292. The molecule has 0 saturated heterocycles. The van der Waals surface area contributed by atoms with Gasteiger partial charge < -0.3 is 5.32 Å². The molecule has 1 amide bonds. The summed E-state index contributed by atoms with van der Waals surface area (Å²) >= 11 is 0. The van der Waals surface area contributed by atoms with Crippen LogP contribution in [0.25, 0.3) is 16.7 Å². The number of halogens is 1. The van der Waals surface area contributed by atoms with Gasteiger partial charge in [0.1, 0.15) is 5.82 Å². The maximum absolute atomic E-state index is 14.4. The van der Waals surface area contributed by atoms with Crippen molar-refractivity contribution in [2.45, 2.75) is 53.9 Å². The molecular formula is C24H30FNO. The SMILES string of the molecule is CCCNC(=O)/C(C)=C(\C)c1cc(F)cc(-c2ccc(C(C)C)cc2)c1C. The molecule has 1 N–H and O–H groups in total. The largest absolute Gasteiger partial charge is 0.352 e. The van der Waals surface area contributed by atoms with E-state index in [2.05, 4.69) is 31.3 Å². The topological polar surface area (TPSA) is 29.1 Å². The Kier molecular flexibility index (Phi) is 6.95. The van der Waals surface area contributed by atoms with Gasteiger partial charge in [-0.2, -0.15) is 0 Å². The van der Waals surface area contributed by atoms with Crippen LogP contribution in [-0.2, 0) is 4.79 Å². The van der Waals surface area contributed by atoms with Crippen LogP contribution in [0.4, 0.5) is 4.39 Å². The van der Waals surface area contributed by atoms with E-state index in [1.54, 1.807) is 13.0 Å². The van der Waals surface area contributed by atoms with Gasteiger partial charge in [0.25, 0.3) is 0 Å². The quantitative estimate of drug-likeness (QED) is 0.601. The molecule has 2 aromatic carbocycles. The highest BCUT2D eigenvalue weighted by Crippen LogP contribution is 2.32. The Morgan fingerprint density at radius 2 is 1.74 bits per heavy atom. The van der Waals surface area contributed by atoms with Gasteiger partial charge in [-0.25, -0.2) is 4.39 Å². The van der Waals surface area contributed by atoms with Crippen molar-refractivity contribution in [3.63, 3.8) is 0 Å². The molecule has 3 heteroatoms. The summed E-state index contributed by atoms with van der Waals surface area (Å²) < 4.78 is 14.4. The Hall–Kier alpha value is -2.42. The maximum atomic E-state index is 14.4. The lowest BCUT2D eigenvalue weighted by Crippen LogP contribution is -2.25. The molecule has 0 radical (unpaired) electrons. The summed E-state index contributed by atoms with van der Waals surface area (Å²) in [6, 6.07) is 11.4. The lowest BCUT2D eigenvalue weighted by Gasteiger charge is -2.16. The minimum Gasteiger partial charge on any atom is -0.352 e. The Balaban J connectivity index is 2.50. The predicted molar refractivity (Wildman–Crippen MR) is 112 cm³/mol. The first-order chi connectivity index (χ1) is 12.8. The number of amides is 1. The highest BCUT2D eigenvalue weighted by Gasteiger charge is 2.15. The molecule has 0 spiro atoms. The van der Waals surface area contributed by atoms with Crippen LogP contribution in [-0.4, -0.2) is 12.5 Å². The monoisotopic (exact) mass is 367 g/mol. The Labute approximate surface area is 162 Å². The zero-order valence-corrected chi connectivity index (χ0v) is 17.2. The van der Waals surface area contributed by atoms with Crippen LogP contribution in [0.1, 0.15) is 63.6 Å². The number of nitrogens with one attached hydrogen (secondary N) is 1. The number of hydrogen-bond acceptors (Lipinski definition) is 1. The van der Waals surface area contributed by atoms with Crippen molar-refractivity contribution >= 4 is 11.5 Å². The second-order valence-electron chi connectivity index (χ2n) is 7.41. The number of carbonyl (C=O) groups excluding carboxylic acids is 1. The molecule has 2 rings (SSSR count). The van der Waals surface area contributed by atoms with Gasteiger partial charge in [-0.05, 0) is 78.6 Å². The van der Waals surface area contributed by atoms with E-state index in [4.69, 9.17) is 0 Å². The molecule has 0 fully saturated rings. The molecule has 0 heterocycles. The highest BCUT2D eigenvalue weighted by molar-refractivity contribution is 6.00. The van der Waals surface area contributed by atoms with Crippen molar-refractivity contribution in [1.82, 2.24) is 5.32 Å². The van der Waals surface area contributed by atoms with Crippen LogP contribution in [0.2, 0.25) is 0 Å². The van der Waals surface area contributed by atoms with Gasteiger partial charge in [0, 0.05) is 12.1 Å². The van der Waals surface area contributed by atoms with Crippen molar-refractivity contribution in [2.24, 2.45) is 0 Å². The number of hydrogen-bond donors (Lipinski definition) is 1. The Morgan fingerprint density at radius 1 is 1.11 bits per heavy atom. The van der Waals surface area contributed by atoms with Crippen LogP contribution >= 0.6 is 0 Å². The van der Waals surface area contributed by atoms with Gasteiger partial charge in [0.15, 0.2) is 0 Å². The van der Waals surface area contributed by atoms with Gasteiger partial charge in [0.05, 0.1) is 0 Å². The summed E-state index contributed by atoms with van der Waals surface area (Å²) in [6.07, 6.45) is 0.883. The lowest BCUT2D eigenvalue weighted by molar-refractivity contribution is -0.117. The summed E-state index contributed by atoms with van der Waals surface area (Å²) in [5.74, 6) is 0.0678. The molecule has 0 unspecified atom stereocenters. The van der Waals surface area contributed by atoms with Crippen LogP contribution in [0.15, 0.2) is 42.0 Å². The molecule has 144 valence electrons. The van der Waals surface area contributed by atoms with Crippen molar-refractivity contribution in [2.75, 3.05) is 6.54 Å². The first-order valence-corrected chi connectivity index (χ1v) is 9.62. The second kappa shape index (κ2) is 8.98. The lowest BCUT2D eigenvalue weighted by atomic mass is 9.90. The zero-order chi connectivity index (χ0) is 20.1. The zero-order valence-electron chi connectivity index (χ0n) is 17.2. The van der Waals surface area contributed by atoms with E-state index in [-0.39, 0.29) is 11.7 Å². The molecule has 0 saturated carbocycles. The number of rotatable bonds is 6. The first kappa shape index (κ1) is 20.9. The van der Waals surface area contributed by atoms with Gasteiger partial charge in [0.2, 0.25) is 5.91 Å². The van der Waals surface area contributed by atoms with E-state index in [0.29, 0.717) is 18.0 Å². The smallest absolute Gasteiger partial charge is 0.247 e. The van der Waals surface area contributed by atoms with Crippen molar-refractivity contribution < 1.29 is 9.18 Å². The predicted octanol–water partition coefficient (Wildman–Crippen LogP) is 6.24. The van der Waals surface area contributed by atoms with E-state index in [1.165, 1.54) is 11.6 Å². The number of benzene rings is 2. The van der Waals surface area contributed by atoms with E-state index < -0.39 is 0 Å². The highest BCUT2D eigenvalue weighted by atomic mass is 19.1. The molecule has 0 bridgehead atoms. The van der Waals surface area contributed by atoms with Gasteiger partial charge in [-0.1, -0.05) is 45.0 Å². The van der Waals surface area contributed by atoms with Crippen molar-refractivity contribution in [3.8, 4) is 11.1 Å². The summed E-state index contributed by atoms with van der Waals surface area (Å²) in [5.41, 5.74) is 6.29. The van der Waals surface area contributed by atoms with Gasteiger partial charge in [-0.3, -0.25) is 4.79 Å². The minimum absolute atomic E-state index is 0.0964. The van der Waals surface area contributed by atoms with Crippen molar-refractivity contribution in [1.29, 1.82) is 0 Å². The molecule has 2 aromatic rings. The molecule has 0 aliphatic carbocycles. The summed E-state index contributed by atoms with van der Waals surface area (Å²) in [5, 5.41) is 2.89. The third-order valence-corrected chi connectivity index (χ3v) is 5.10. The second-order valence-corrected chi connectivity index (χ2v) is 7.41. The van der Waals surface area contributed by atoms with E-state index >= 15 is 0 Å². The van der Waals surface area contributed by atoms with E-state index in [1.807, 2.05) is 32.9 Å². The van der Waals surface area contributed by atoms with Crippen LogP contribution in [0.3, 0.4) is 0 Å². The van der Waals surface area contributed by atoms with E-state index in [9.17, 15) is 9.18 Å². The fourth-order valence-electron chi connectivity index (χ4n) is 3.16. The summed E-state index contributed by atoms with van der Waals surface area (Å²) in [6.45, 7) is 12.6. The summed E-state index contributed by atoms with van der Waals surface area (Å²) in [4.78, 5) is 12.3. The first-order valence-electron chi connectivity index (χ1n) is 9.62. The number of carbonyl (C=O) groups is 1. The van der Waals surface area contributed by atoms with Crippen LogP contribution < -0.4 is 5.32 Å². The Bertz CT molecular complexity index is 847. The van der Waals surface area contributed by atoms with E-state index in [0.717, 1.165) is 34.2 Å². The maximum Gasteiger partial charge on any atom is 0.247 e. The van der Waals surface area contributed by atoms with Gasteiger partial charge >= 0.3 is 0 Å². The molecule has 27 heavy (non-hydrogen) atoms. The fourth-order valence-corrected chi connectivity index (χ4v) is 3.16.